The largest absolute Gasteiger partial charge is 0.511 e. The number of rotatable bonds is 6. The van der Waals surface area contributed by atoms with Crippen molar-refractivity contribution < 1.29 is 42.1 Å². The Bertz CT molecular complexity index is 1130. The van der Waals surface area contributed by atoms with E-state index in [2.05, 4.69) is 20.4 Å². The molecule has 0 saturated carbocycles. The summed E-state index contributed by atoms with van der Waals surface area (Å²) >= 11 is 0. The highest BCUT2D eigenvalue weighted by Gasteiger charge is 2.46. The van der Waals surface area contributed by atoms with Crippen molar-refractivity contribution >= 4 is 42.1 Å². The van der Waals surface area contributed by atoms with Crippen molar-refractivity contribution in [1.82, 2.24) is 15.5 Å². The van der Waals surface area contributed by atoms with E-state index in [1.165, 1.54) is 7.11 Å². The first-order chi connectivity index (χ1) is 16.8. The molecule has 0 radical (unpaired) electrons. The number of hydrogen-bond donors (Lipinski definition) is 4. The first kappa shape index (κ1) is 29.7. The maximum absolute atomic E-state index is 14.2. The summed E-state index contributed by atoms with van der Waals surface area (Å²) in [6.45, 7) is 3.45. The number of urea groups is 1. The fourth-order valence-corrected chi connectivity index (χ4v) is 3.74. The molecule has 204 valence electrons. The molecule has 2 aliphatic rings. The summed E-state index contributed by atoms with van der Waals surface area (Å²) in [5.41, 5.74) is 2.97. The van der Waals surface area contributed by atoms with Crippen LogP contribution < -0.4 is 21.3 Å². The van der Waals surface area contributed by atoms with Gasteiger partial charge >= 0.3 is 18.4 Å². The molecule has 0 bridgehead atoms. The second-order valence-electron chi connectivity index (χ2n) is 8.49. The van der Waals surface area contributed by atoms with Gasteiger partial charge in [0, 0.05) is 13.7 Å². The van der Waals surface area contributed by atoms with Gasteiger partial charge in [0.05, 0.1) is 41.7 Å². The third-order valence-corrected chi connectivity index (χ3v) is 5.20. The lowest BCUT2D eigenvalue weighted by Gasteiger charge is -2.39. The van der Waals surface area contributed by atoms with E-state index >= 15 is 0 Å². The molecule has 1 aromatic carbocycles. The van der Waals surface area contributed by atoms with E-state index in [9.17, 15) is 27.6 Å². The van der Waals surface area contributed by atoms with E-state index in [4.69, 9.17) is 15.6 Å². The number of nitrogens with one attached hydrogen (secondary N) is 2. The van der Waals surface area contributed by atoms with Gasteiger partial charge in [-0.3, -0.25) is 14.6 Å². The van der Waals surface area contributed by atoms with Crippen LogP contribution in [0.5, 0.6) is 0 Å². The van der Waals surface area contributed by atoms with Crippen molar-refractivity contribution in [2.45, 2.75) is 31.7 Å². The van der Waals surface area contributed by atoms with Gasteiger partial charge in [0.15, 0.2) is 5.76 Å². The van der Waals surface area contributed by atoms with Crippen molar-refractivity contribution in [2.75, 3.05) is 31.7 Å². The van der Waals surface area contributed by atoms with E-state index in [1.54, 1.807) is 13.8 Å². The number of ether oxygens (including phenoxy) is 2. The van der Waals surface area contributed by atoms with Crippen LogP contribution in [0.2, 0.25) is 0 Å². The minimum atomic E-state index is -4.97. The van der Waals surface area contributed by atoms with Gasteiger partial charge in [0.25, 0.3) is 5.91 Å². The lowest BCUT2D eigenvalue weighted by Crippen LogP contribution is -2.57. The Balaban J connectivity index is 0.00000481. The fourth-order valence-electron chi connectivity index (χ4n) is 3.74. The molecule has 37 heavy (non-hydrogen) atoms. The number of anilines is 1. The summed E-state index contributed by atoms with van der Waals surface area (Å²) in [5, 5.41) is 14.2. The number of para-hydroxylation sites is 1. The lowest BCUT2D eigenvalue weighted by atomic mass is 10.0. The highest BCUT2D eigenvalue weighted by Crippen LogP contribution is 2.41. The van der Waals surface area contributed by atoms with E-state index in [1.807, 2.05) is 0 Å². The summed E-state index contributed by atoms with van der Waals surface area (Å²) in [6.07, 6.45) is -7.54. The van der Waals surface area contributed by atoms with Gasteiger partial charge in [-0.05, 0) is 26.0 Å². The summed E-state index contributed by atoms with van der Waals surface area (Å²) in [4.78, 5) is 42.7. The number of nitrogens with two attached hydrogens (primary N) is 1. The van der Waals surface area contributed by atoms with Crippen LogP contribution in [-0.4, -0.2) is 72.6 Å². The van der Waals surface area contributed by atoms with E-state index in [0.29, 0.717) is 0 Å². The molecule has 0 aliphatic carbocycles. The number of carbonyl (C=O) groups is 3. The van der Waals surface area contributed by atoms with Crippen LogP contribution in [0.1, 0.15) is 29.8 Å². The van der Waals surface area contributed by atoms with Crippen molar-refractivity contribution in [3.8, 4) is 0 Å². The molecule has 1 unspecified atom stereocenters. The number of carboxylic acid groups (broad SMARTS) is 1. The van der Waals surface area contributed by atoms with Gasteiger partial charge < -0.3 is 30.9 Å². The number of methoxy groups -OCH3 is 1. The number of carbonyl (C=O) groups excluding carboxylic acids is 2. The molecule has 1 atom stereocenters. The van der Waals surface area contributed by atoms with Gasteiger partial charge in [0.1, 0.15) is 6.17 Å². The number of benzene rings is 1. The molecular weight excluding hydrogens is 525 g/mol. The first-order valence-corrected chi connectivity index (χ1v) is 10.6. The molecule has 3 rings (SSSR count). The molecule has 0 aromatic heterocycles. The zero-order valence-corrected chi connectivity index (χ0v) is 20.8. The maximum Gasteiger partial charge on any atom is 0.511 e. The quantitative estimate of drug-likeness (QED) is 0.310. The Morgan fingerprint density at radius 3 is 2.57 bits per heavy atom. The molecule has 3 amide bonds. The zero-order valence-electron chi connectivity index (χ0n) is 20.0. The van der Waals surface area contributed by atoms with Gasteiger partial charge in [-0.1, -0.05) is 6.07 Å². The summed E-state index contributed by atoms with van der Waals surface area (Å²) in [5.74, 6) is -1.76. The molecule has 1 fully saturated rings. The minimum Gasteiger partial charge on any atom is -0.449 e. The molecule has 2 heterocycles. The molecule has 1 saturated heterocycles. The van der Waals surface area contributed by atoms with Crippen LogP contribution in [0.3, 0.4) is 0 Å². The van der Waals surface area contributed by atoms with Crippen LogP contribution >= 0.6 is 12.4 Å². The van der Waals surface area contributed by atoms with Gasteiger partial charge in [-0.15, -0.1) is 12.4 Å². The number of aliphatic imine (C=N–C) groups is 1. The third kappa shape index (κ3) is 6.42. The van der Waals surface area contributed by atoms with Gasteiger partial charge in [0.2, 0.25) is 5.96 Å². The van der Waals surface area contributed by atoms with Crippen molar-refractivity contribution in [3.63, 3.8) is 0 Å². The number of alkyl halides is 3. The predicted octanol–water partition coefficient (Wildman–Crippen LogP) is 2.30. The Labute approximate surface area is 215 Å². The fraction of sp³-hybridized carbons (Fsp3) is 0.429. The second-order valence-corrected chi connectivity index (χ2v) is 8.49. The highest BCUT2D eigenvalue weighted by molar-refractivity contribution is 6.12. The Morgan fingerprint density at radius 2 is 2.03 bits per heavy atom. The Hall–Kier alpha value is -3.56. The van der Waals surface area contributed by atoms with Gasteiger partial charge in [-0.2, -0.15) is 13.2 Å². The molecule has 16 heteroatoms. The van der Waals surface area contributed by atoms with Crippen LogP contribution in [-0.2, 0) is 15.7 Å². The minimum absolute atomic E-state index is 0. The molecular formula is C21H26ClF3N6O6. The highest BCUT2D eigenvalue weighted by atomic mass is 35.5. The normalized spacial score (nSPS) is 18.9. The maximum atomic E-state index is 14.2. The topological polar surface area (TPSA) is 159 Å². The van der Waals surface area contributed by atoms with E-state index < -0.39 is 58.5 Å². The van der Waals surface area contributed by atoms with Crippen molar-refractivity contribution in [1.29, 1.82) is 0 Å². The molecule has 1 aromatic rings. The number of guanidine groups is 1. The Morgan fingerprint density at radius 1 is 1.35 bits per heavy atom. The van der Waals surface area contributed by atoms with Crippen LogP contribution in [0.4, 0.5) is 28.4 Å². The first-order valence-electron chi connectivity index (χ1n) is 10.6. The van der Waals surface area contributed by atoms with E-state index in [-0.39, 0.29) is 38.1 Å². The summed E-state index contributed by atoms with van der Waals surface area (Å²) in [6, 6.07) is 2.24. The number of hydrogen-bond acceptors (Lipinski definition) is 8. The molecule has 2 aliphatic heterocycles. The smallest absolute Gasteiger partial charge is 0.449 e. The van der Waals surface area contributed by atoms with E-state index in [0.717, 1.165) is 34.2 Å². The predicted molar refractivity (Wildman–Crippen MR) is 127 cm³/mol. The number of amides is 3. The average Bonchev–Trinajstić information content (AvgIpc) is 3.05. The van der Waals surface area contributed by atoms with Gasteiger partial charge in [-0.25, -0.2) is 14.6 Å². The molecule has 5 N–H and O–H groups in total. The number of nitrogens with zero attached hydrogens (tertiary/aromatic N) is 3. The second kappa shape index (κ2) is 11.2. The Kier molecular flexibility index (Phi) is 9.00. The lowest BCUT2D eigenvalue weighted by molar-refractivity contribution is -0.137. The summed E-state index contributed by atoms with van der Waals surface area (Å²) in [7, 11) is 1.39. The standard InChI is InChI=1S/C21H25F3N6O6.ClH/c1-20(2)10-29(18(32)28-20)17-27-9-13(36-19(33)34)15(25)30(17)14-11(16(31)26-7-8-35-3)5-4-6-12(14)21(22,23)24;/h4-6,9,15H,7-8,10,25H2,1-3H3,(H,26,31)(H,28,32)(H,33,34);1H. The average molecular weight is 551 g/mol. The third-order valence-electron chi connectivity index (χ3n) is 5.20. The summed E-state index contributed by atoms with van der Waals surface area (Å²) < 4.78 is 52.1. The molecule has 12 nitrogen and oxygen atoms in total. The molecule has 0 spiro atoms. The van der Waals surface area contributed by atoms with Crippen LogP contribution in [0.25, 0.3) is 0 Å². The zero-order chi connectivity index (χ0) is 26.8. The van der Waals surface area contributed by atoms with Crippen LogP contribution in [0.15, 0.2) is 35.2 Å². The van der Waals surface area contributed by atoms with Crippen molar-refractivity contribution in [3.05, 3.63) is 41.3 Å². The van der Waals surface area contributed by atoms with Crippen LogP contribution in [0, 0.1) is 0 Å². The monoisotopic (exact) mass is 550 g/mol. The number of halogens is 4. The SMILES string of the molecule is COCCNC(=O)c1cccc(C(F)(F)F)c1N1C(N2CC(C)(C)NC2=O)=NC=C(OC(=O)O)C1N.Cl. The van der Waals surface area contributed by atoms with Crippen molar-refractivity contribution in [2.24, 2.45) is 10.7 Å².